The minimum atomic E-state index is 0.0237. The van der Waals surface area contributed by atoms with Crippen molar-refractivity contribution in [2.75, 3.05) is 7.05 Å². The second-order valence-corrected chi connectivity index (χ2v) is 6.34. The molecule has 18 heavy (non-hydrogen) atoms. The van der Waals surface area contributed by atoms with Crippen LogP contribution in [0.3, 0.4) is 0 Å². The Morgan fingerprint density at radius 1 is 0.944 bits per heavy atom. The van der Waals surface area contributed by atoms with Gasteiger partial charge >= 0.3 is 0 Å². The molecule has 102 valence electrons. The lowest BCUT2D eigenvalue weighted by Crippen LogP contribution is -2.31. The molecule has 1 aromatic rings. The topological polar surface area (TPSA) is 24.4 Å². The third kappa shape index (κ3) is 11.3. The van der Waals surface area contributed by atoms with Crippen molar-refractivity contribution in [2.45, 2.75) is 52.6 Å². The van der Waals surface area contributed by atoms with Crippen LogP contribution >= 0.6 is 0 Å². The Morgan fingerprint density at radius 2 is 1.39 bits per heavy atom. The third-order valence-corrected chi connectivity index (χ3v) is 2.15. The molecule has 0 aliphatic carbocycles. The van der Waals surface area contributed by atoms with E-state index in [0.717, 1.165) is 5.56 Å². The molecule has 0 atom stereocenters. The summed E-state index contributed by atoms with van der Waals surface area (Å²) in [6.45, 7) is 12.7. The molecular weight excluding hydrogens is 220 g/mol. The Bertz CT molecular complexity index is 340. The summed E-state index contributed by atoms with van der Waals surface area (Å²) in [6.07, 6.45) is 1.92. The van der Waals surface area contributed by atoms with Crippen molar-refractivity contribution in [3.63, 3.8) is 0 Å². The van der Waals surface area contributed by atoms with Gasteiger partial charge in [-0.2, -0.15) is 0 Å². The van der Waals surface area contributed by atoms with Gasteiger partial charge in [-0.1, -0.05) is 30.3 Å². The molecule has 0 saturated carbocycles. The van der Waals surface area contributed by atoms with E-state index in [1.807, 2.05) is 31.5 Å². The van der Waals surface area contributed by atoms with Gasteiger partial charge in [0.05, 0.1) is 5.54 Å². The van der Waals surface area contributed by atoms with E-state index in [4.69, 9.17) is 0 Å². The first kappa shape index (κ1) is 16.9. The number of aliphatic imine (C=N–C) groups is 1. The Labute approximate surface area is 113 Å². The standard InChI is InChI=1S/C11H15N.C5H13N/c1-11(2,3)12-9-10-7-5-4-6-8-10;1-5(2,3)6-4/h4-9H,1-3H3;6H,1-4H3. The average Bonchev–Trinajstić information content (AvgIpc) is 2.27. The van der Waals surface area contributed by atoms with Crippen molar-refractivity contribution in [3.05, 3.63) is 35.9 Å². The second kappa shape index (κ2) is 7.32. The number of nitrogens with one attached hydrogen (secondary N) is 1. The van der Waals surface area contributed by atoms with Crippen LogP contribution < -0.4 is 5.32 Å². The number of rotatable bonds is 1. The fraction of sp³-hybridized carbons (Fsp3) is 0.562. The molecule has 1 N–H and O–H groups in total. The first-order chi connectivity index (χ1) is 8.14. The Morgan fingerprint density at radius 3 is 1.72 bits per heavy atom. The minimum Gasteiger partial charge on any atom is -0.315 e. The van der Waals surface area contributed by atoms with Gasteiger partial charge in [0, 0.05) is 11.8 Å². The van der Waals surface area contributed by atoms with Gasteiger partial charge in [0.1, 0.15) is 0 Å². The first-order valence-electron chi connectivity index (χ1n) is 6.43. The zero-order valence-corrected chi connectivity index (χ0v) is 12.9. The lowest BCUT2D eigenvalue weighted by molar-refractivity contribution is 0.469. The van der Waals surface area contributed by atoms with Gasteiger partial charge in [-0.25, -0.2) is 0 Å². The van der Waals surface area contributed by atoms with Gasteiger partial charge in [-0.15, -0.1) is 0 Å². The lowest BCUT2D eigenvalue weighted by Gasteiger charge is -2.15. The SMILES string of the molecule is CC(C)(C)N=Cc1ccccc1.CNC(C)(C)C. The van der Waals surface area contributed by atoms with Crippen LogP contribution in [0.1, 0.15) is 47.1 Å². The van der Waals surface area contributed by atoms with Crippen molar-refractivity contribution >= 4 is 6.21 Å². The summed E-state index contributed by atoms with van der Waals surface area (Å²) in [7, 11) is 1.96. The van der Waals surface area contributed by atoms with Gasteiger partial charge in [0.25, 0.3) is 0 Å². The van der Waals surface area contributed by atoms with Crippen molar-refractivity contribution in [2.24, 2.45) is 4.99 Å². The Kier molecular flexibility index (Phi) is 6.85. The van der Waals surface area contributed by atoms with Crippen LogP contribution in [0, 0.1) is 0 Å². The maximum atomic E-state index is 4.40. The van der Waals surface area contributed by atoms with Gasteiger partial charge < -0.3 is 5.32 Å². The molecule has 0 unspecified atom stereocenters. The summed E-state index contributed by atoms with van der Waals surface area (Å²) in [4.78, 5) is 4.40. The summed E-state index contributed by atoms with van der Waals surface area (Å²) in [6, 6.07) is 10.1. The summed E-state index contributed by atoms with van der Waals surface area (Å²) in [5.74, 6) is 0. The van der Waals surface area contributed by atoms with E-state index in [1.54, 1.807) is 0 Å². The maximum absolute atomic E-state index is 4.40. The molecule has 0 aliphatic heterocycles. The van der Waals surface area contributed by atoms with Gasteiger partial charge in [-0.05, 0) is 54.2 Å². The first-order valence-corrected chi connectivity index (χ1v) is 6.43. The van der Waals surface area contributed by atoms with E-state index in [0.29, 0.717) is 5.54 Å². The largest absolute Gasteiger partial charge is 0.315 e. The highest BCUT2D eigenvalue weighted by atomic mass is 14.9. The number of hydrogen-bond acceptors (Lipinski definition) is 2. The van der Waals surface area contributed by atoms with Crippen LogP contribution in [-0.4, -0.2) is 24.3 Å². The lowest BCUT2D eigenvalue weighted by atomic mass is 10.1. The fourth-order valence-electron chi connectivity index (χ4n) is 0.807. The smallest absolute Gasteiger partial charge is 0.0524 e. The quantitative estimate of drug-likeness (QED) is 0.749. The van der Waals surface area contributed by atoms with E-state index >= 15 is 0 Å². The van der Waals surface area contributed by atoms with Crippen LogP contribution in [0.2, 0.25) is 0 Å². The molecule has 0 aliphatic rings. The Balaban J connectivity index is 0.000000411. The highest BCUT2D eigenvalue weighted by molar-refractivity contribution is 5.79. The minimum absolute atomic E-state index is 0.0237. The molecule has 0 aromatic heterocycles. The van der Waals surface area contributed by atoms with E-state index in [-0.39, 0.29) is 5.54 Å². The fourth-order valence-corrected chi connectivity index (χ4v) is 0.807. The van der Waals surface area contributed by atoms with E-state index in [1.165, 1.54) is 0 Å². The third-order valence-electron chi connectivity index (χ3n) is 2.15. The van der Waals surface area contributed by atoms with Gasteiger partial charge in [-0.3, -0.25) is 4.99 Å². The molecule has 0 heterocycles. The summed E-state index contributed by atoms with van der Waals surface area (Å²) < 4.78 is 0. The summed E-state index contributed by atoms with van der Waals surface area (Å²) in [5.41, 5.74) is 1.47. The maximum Gasteiger partial charge on any atom is 0.0524 e. The molecule has 1 aromatic carbocycles. The summed E-state index contributed by atoms with van der Waals surface area (Å²) in [5, 5.41) is 3.10. The molecule has 0 radical (unpaired) electrons. The van der Waals surface area contributed by atoms with Gasteiger partial charge in [0.15, 0.2) is 0 Å². The molecule has 0 fully saturated rings. The zero-order valence-electron chi connectivity index (χ0n) is 12.9. The Hall–Kier alpha value is -1.15. The normalized spacial score (nSPS) is 12.2. The van der Waals surface area contributed by atoms with Crippen LogP contribution in [0.25, 0.3) is 0 Å². The molecule has 2 heteroatoms. The molecular formula is C16H28N2. The second-order valence-electron chi connectivity index (χ2n) is 6.34. The highest BCUT2D eigenvalue weighted by Gasteiger charge is 2.04. The van der Waals surface area contributed by atoms with Crippen LogP contribution in [0.5, 0.6) is 0 Å². The van der Waals surface area contributed by atoms with Crippen molar-refractivity contribution < 1.29 is 0 Å². The molecule has 0 saturated heterocycles. The number of hydrogen-bond donors (Lipinski definition) is 1. The average molecular weight is 248 g/mol. The van der Waals surface area contributed by atoms with Crippen LogP contribution in [0.15, 0.2) is 35.3 Å². The van der Waals surface area contributed by atoms with Crippen molar-refractivity contribution in [3.8, 4) is 0 Å². The monoisotopic (exact) mass is 248 g/mol. The van der Waals surface area contributed by atoms with Gasteiger partial charge in [0.2, 0.25) is 0 Å². The highest BCUT2D eigenvalue weighted by Crippen LogP contribution is 2.06. The van der Waals surface area contributed by atoms with Crippen LogP contribution in [-0.2, 0) is 0 Å². The summed E-state index contributed by atoms with van der Waals surface area (Å²) >= 11 is 0. The molecule has 2 nitrogen and oxygen atoms in total. The predicted octanol–water partition coefficient (Wildman–Crippen LogP) is 3.91. The van der Waals surface area contributed by atoms with E-state index in [9.17, 15) is 0 Å². The zero-order chi connectivity index (χ0) is 14.2. The van der Waals surface area contributed by atoms with E-state index < -0.39 is 0 Å². The number of benzene rings is 1. The molecule has 0 amide bonds. The molecule has 1 rings (SSSR count). The molecule has 0 spiro atoms. The number of nitrogens with zero attached hydrogens (tertiary/aromatic N) is 1. The predicted molar refractivity (Wildman–Crippen MR) is 82.6 cm³/mol. The van der Waals surface area contributed by atoms with Crippen LogP contribution in [0.4, 0.5) is 0 Å². The van der Waals surface area contributed by atoms with E-state index in [2.05, 4.69) is 64.0 Å². The molecule has 0 bridgehead atoms. The van der Waals surface area contributed by atoms with Crippen molar-refractivity contribution in [1.29, 1.82) is 0 Å². The van der Waals surface area contributed by atoms with Crippen molar-refractivity contribution in [1.82, 2.24) is 5.32 Å².